The third-order valence-electron chi connectivity index (χ3n) is 5.37. The highest BCUT2D eigenvalue weighted by Crippen LogP contribution is 2.41. The lowest BCUT2D eigenvalue weighted by Gasteiger charge is -2.26. The molecule has 0 bridgehead atoms. The average Bonchev–Trinajstić information content (AvgIpc) is 3.41. The van der Waals surface area contributed by atoms with Gasteiger partial charge in [-0.3, -0.25) is 4.98 Å². The van der Waals surface area contributed by atoms with E-state index in [4.69, 9.17) is 16.6 Å². The summed E-state index contributed by atoms with van der Waals surface area (Å²) < 4.78 is 6.35. The van der Waals surface area contributed by atoms with Crippen molar-refractivity contribution in [2.24, 2.45) is 0 Å². The number of pyridine rings is 1. The highest BCUT2D eigenvalue weighted by molar-refractivity contribution is 7.80. The van der Waals surface area contributed by atoms with Crippen molar-refractivity contribution in [1.82, 2.24) is 15.2 Å². The lowest BCUT2D eigenvalue weighted by atomic mass is 10.0. The van der Waals surface area contributed by atoms with E-state index < -0.39 is 0 Å². The first-order chi connectivity index (χ1) is 14.8. The first kappa shape index (κ1) is 18.6. The summed E-state index contributed by atoms with van der Waals surface area (Å²) in [5.74, 6) is 1.72. The number of thiocarbonyl (C=S) groups is 1. The Morgan fingerprint density at radius 1 is 0.867 bits per heavy atom. The molecule has 2 unspecified atom stereocenters. The van der Waals surface area contributed by atoms with E-state index in [2.05, 4.69) is 45.5 Å². The molecule has 4 aromatic rings. The molecule has 1 fully saturated rings. The molecule has 0 amide bonds. The molecule has 1 aliphatic heterocycles. The Morgan fingerprint density at radius 3 is 2.33 bits per heavy atom. The maximum absolute atomic E-state index is 6.35. The zero-order valence-electron chi connectivity index (χ0n) is 16.3. The fraction of sp³-hybridized carbons (Fsp3) is 0.120. The number of nitrogens with zero attached hydrogens (tertiary/aromatic N) is 2. The highest BCUT2D eigenvalue weighted by atomic mass is 32.1. The molecule has 2 aromatic carbocycles. The molecule has 0 radical (unpaired) electrons. The molecule has 3 heterocycles. The predicted molar refractivity (Wildman–Crippen MR) is 122 cm³/mol. The summed E-state index contributed by atoms with van der Waals surface area (Å²) in [7, 11) is 0. The molecule has 0 spiro atoms. The summed E-state index contributed by atoms with van der Waals surface area (Å²) in [6.45, 7) is 0.696. The van der Waals surface area contributed by atoms with Gasteiger partial charge in [-0.25, -0.2) is 0 Å². The fourth-order valence-corrected chi connectivity index (χ4v) is 4.24. The monoisotopic (exact) mass is 411 g/mol. The van der Waals surface area contributed by atoms with Crippen molar-refractivity contribution in [3.8, 4) is 11.3 Å². The number of hydrogen-bond donors (Lipinski definition) is 1. The van der Waals surface area contributed by atoms with Crippen LogP contribution in [0.15, 0.2) is 102 Å². The van der Waals surface area contributed by atoms with Crippen LogP contribution < -0.4 is 5.32 Å². The van der Waals surface area contributed by atoms with Gasteiger partial charge in [0.15, 0.2) is 5.11 Å². The number of aromatic nitrogens is 1. The first-order valence-electron chi connectivity index (χ1n) is 9.97. The van der Waals surface area contributed by atoms with Gasteiger partial charge in [0, 0.05) is 18.3 Å². The third kappa shape index (κ3) is 3.60. The Morgan fingerprint density at radius 2 is 1.60 bits per heavy atom. The van der Waals surface area contributed by atoms with Crippen LogP contribution in [0.4, 0.5) is 0 Å². The SMILES string of the molecule is S=C1NC(c2ccccn2)C(c2ccc(-c3ccccc3)o2)N1Cc1ccccc1. The van der Waals surface area contributed by atoms with Crippen molar-refractivity contribution >= 4 is 17.3 Å². The van der Waals surface area contributed by atoms with E-state index in [9.17, 15) is 0 Å². The molecular formula is C25H21N3OS. The average molecular weight is 412 g/mol. The highest BCUT2D eigenvalue weighted by Gasteiger charge is 2.41. The van der Waals surface area contributed by atoms with Gasteiger partial charge in [0.25, 0.3) is 0 Å². The Bertz CT molecular complexity index is 1130. The molecule has 1 saturated heterocycles. The summed E-state index contributed by atoms with van der Waals surface area (Å²) in [4.78, 5) is 6.78. The minimum absolute atomic E-state index is 0.0859. The van der Waals surface area contributed by atoms with Crippen LogP contribution in [-0.4, -0.2) is 15.0 Å². The molecular weight excluding hydrogens is 390 g/mol. The Hall–Kier alpha value is -3.44. The van der Waals surface area contributed by atoms with E-state index in [0.29, 0.717) is 11.7 Å². The molecule has 1 aliphatic rings. The van der Waals surface area contributed by atoms with Gasteiger partial charge < -0.3 is 14.6 Å². The van der Waals surface area contributed by atoms with Crippen LogP contribution in [0.25, 0.3) is 11.3 Å². The Balaban J connectivity index is 1.54. The van der Waals surface area contributed by atoms with Crippen molar-refractivity contribution in [3.63, 3.8) is 0 Å². The Kier molecular flexibility index (Phi) is 5.03. The molecule has 5 rings (SSSR count). The molecule has 2 aromatic heterocycles. The molecule has 2 atom stereocenters. The minimum Gasteiger partial charge on any atom is -0.459 e. The fourth-order valence-electron chi connectivity index (χ4n) is 3.93. The molecule has 0 saturated carbocycles. The van der Waals surface area contributed by atoms with Crippen molar-refractivity contribution in [1.29, 1.82) is 0 Å². The topological polar surface area (TPSA) is 41.3 Å². The minimum atomic E-state index is -0.0925. The first-order valence-corrected chi connectivity index (χ1v) is 10.4. The molecule has 148 valence electrons. The number of rotatable bonds is 5. The van der Waals surface area contributed by atoms with E-state index >= 15 is 0 Å². The number of benzene rings is 2. The van der Waals surface area contributed by atoms with Crippen LogP contribution in [0, 0.1) is 0 Å². The number of furan rings is 1. The van der Waals surface area contributed by atoms with Crippen molar-refractivity contribution in [3.05, 3.63) is 114 Å². The van der Waals surface area contributed by atoms with Crippen LogP contribution in [-0.2, 0) is 6.54 Å². The molecule has 4 nitrogen and oxygen atoms in total. The van der Waals surface area contributed by atoms with E-state index in [-0.39, 0.29) is 12.1 Å². The van der Waals surface area contributed by atoms with E-state index in [0.717, 1.165) is 22.8 Å². The smallest absolute Gasteiger partial charge is 0.170 e. The van der Waals surface area contributed by atoms with Gasteiger partial charge in [-0.05, 0) is 42.0 Å². The summed E-state index contributed by atoms with van der Waals surface area (Å²) in [6.07, 6.45) is 1.81. The van der Waals surface area contributed by atoms with Crippen LogP contribution in [0.3, 0.4) is 0 Å². The summed E-state index contributed by atoms with van der Waals surface area (Å²) in [6, 6.07) is 30.4. The van der Waals surface area contributed by atoms with Crippen LogP contribution >= 0.6 is 12.2 Å². The third-order valence-corrected chi connectivity index (χ3v) is 5.72. The zero-order valence-corrected chi connectivity index (χ0v) is 17.1. The maximum atomic E-state index is 6.35. The number of hydrogen-bond acceptors (Lipinski definition) is 3. The van der Waals surface area contributed by atoms with Gasteiger partial charge in [-0.2, -0.15) is 0 Å². The van der Waals surface area contributed by atoms with Gasteiger partial charge in [0.1, 0.15) is 17.6 Å². The largest absolute Gasteiger partial charge is 0.459 e. The second kappa shape index (κ2) is 8.13. The van der Waals surface area contributed by atoms with Gasteiger partial charge >= 0.3 is 0 Å². The molecule has 1 N–H and O–H groups in total. The van der Waals surface area contributed by atoms with Gasteiger partial charge in [0.2, 0.25) is 0 Å². The summed E-state index contributed by atoms with van der Waals surface area (Å²) in [5.41, 5.74) is 3.20. The quantitative estimate of drug-likeness (QED) is 0.438. The van der Waals surface area contributed by atoms with Crippen molar-refractivity contribution in [2.75, 3.05) is 0 Å². The predicted octanol–water partition coefficient (Wildman–Crippen LogP) is 5.51. The number of nitrogens with one attached hydrogen (secondary N) is 1. The zero-order chi connectivity index (χ0) is 20.3. The van der Waals surface area contributed by atoms with Crippen LogP contribution in [0.1, 0.15) is 29.1 Å². The summed E-state index contributed by atoms with van der Waals surface area (Å²) >= 11 is 5.74. The van der Waals surface area contributed by atoms with E-state index in [1.165, 1.54) is 5.56 Å². The van der Waals surface area contributed by atoms with Crippen molar-refractivity contribution in [2.45, 2.75) is 18.6 Å². The van der Waals surface area contributed by atoms with Crippen LogP contribution in [0.2, 0.25) is 0 Å². The van der Waals surface area contributed by atoms with Gasteiger partial charge in [-0.1, -0.05) is 66.7 Å². The van der Waals surface area contributed by atoms with E-state index in [1.807, 2.05) is 66.9 Å². The van der Waals surface area contributed by atoms with Gasteiger partial charge in [0.05, 0.1) is 11.7 Å². The van der Waals surface area contributed by atoms with E-state index in [1.54, 1.807) is 0 Å². The van der Waals surface area contributed by atoms with Crippen LogP contribution in [0.5, 0.6) is 0 Å². The Labute approximate surface area is 181 Å². The lowest BCUT2D eigenvalue weighted by Crippen LogP contribution is -2.29. The second-order valence-corrected chi connectivity index (χ2v) is 7.69. The lowest BCUT2D eigenvalue weighted by molar-refractivity contribution is 0.269. The van der Waals surface area contributed by atoms with Gasteiger partial charge in [-0.15, -0.1) is 0 Å². The molecule has 5 heteroatoms. The standard InChI is InChI=1S/C25H21N3OS/c30-25-27-23(20-13-7-8-16-26-20)24(28(25)17-18-9-3-1-4-10-18)22-15-14-21(29-22)19-11-5-2-6-12-19/h1-16,23-24H,17H2,(H,27,30). The molecule has 30 heavy (non-hydrogen) atoms. The summed E-state index contributed by atoms with van der Waals surface area (Å²) in [5, 5.41) is 4.18. The second-order valence-electron chi connectivity index (χ2n) is 7.31. The maximum Gasteiger partial charge on any atom is 0.170 e. The normalized spacial score (nSPS) is 18.4. The van der Waals surface area contributed by atoms with Crippen molar-refractivity contribution < 1.29 is 4.42 Å². The molecule has 0 aliphatic carbocycles.